The van der Waals surface area contributed by atoms with Gasteiger partial charge in [0.25, 0.3) is 0 Å². The SMILES string of the molecule is O=C(O)CC1SC(=NN=Cc2ccc(CBr)cc2F)NC1=O. The third-order valence-electron chi connectivity index (χ3n) is 2.70. The molecule has 1 aliphatic heterocycles. The third kappa shape index (κ3) is 4.38. The van der Waals surface area contributed by atoms with Crippen LogP contribution in [0.25, 0.3) is 0 Å². The lowest BCUT2D eigenvalue weighted by molar-refractivity contribution is -0.138. The van der Waals surface area contributed by atoms with Gasteiger partial charge in [0.15, 0.2) is 5.17 Å². The Hall–Kier alpha value is -1.74. The van der Waals surface area contributed by atoms with E-state index in [9.17, 15) is 14.0 Å². The Morgan fingerprint density at radius 1 is 1.55 bits per heavy atom. The molecule has 9 heteroatoms. The van der Waals surface area contributed by atoms with Crippen LogP contribution in [0.5, 0.6) is 0 Å². The number of alkyl halides is 1. The summed E-state index contributed by atoms with van der Waals surface area (Å²) < 4.78 is 13.7. The van der Waals surface area contributed by atoms with Gasteiger partial charge in [-0.3, -0.25) is 9.59 Å². The van der Waals surface area contributed by atoms with E-state index in [4.69, 9.17) is 5.11 Å². The number of rotatable bonds is 5. The predicted molar refractivity (Wildman–Crippen MR) is 85.8 cm³/mol. The number of benzene rings is 1. The molecule has 1 aromatic rings. The van der Waals surface area contributed by atoms with E-state index in [1.807, 2.05) is 0 Å². The summed E-state index contributed by atoms with van der Waals surface area (Å²) in [6.07, 6.45) is 0.944. The topological polar surface area (TPSA) is 91.1 Å². The van der Waals surface area contributed by atoms with E-state index in [1.165, 1.54) is 12.3 Å². The van der Waals surface area contributed by atoms with E-state index < -0.39 is 22.9 Å². The summed E-state index contributed by atoms with van der Waals surface area (Å²) in [5.74, 6) is -1.91. The van der Waals surface area contributed by atoms with Crippen molar-refractivity contribution in [3.63, 3.8) is 0 Å². The van der Waals surface area contributed by atoms with Gasteiger partial charge in [0.1, 0.15) is 11.1 Å². The number of hydrogen-bond acceptors (Lipinski definition) is 5. The van der Waals surface area contributed by atoms with Crippen LogP contribution in [0.4, 0.5) is 4.39 Å². The van der Waals surface area contributed by atoms with Crippen LogP contribution in [-0.4, -0.2) is 33.6 Å². The molecule has 1 fully saturated rings. The fourth-order valence-corrected chi connectivity index (χ4v) is 2.91. The van der Waals surface area contributed by atoms with Crippen LogP contribution in [0.1, 0.15) is 17.5 Å². The van der Waals surface area contributed by atoms with Gasteiger partial charge in [0, 0.05) is 10.9 Å². The Morgan fingerprint density at radius 3 is 2.95 bits per heavy atom. The van der Waals surface area contributed by atoms with Crippen molar-refractivity contribution in [2.75, 3.05) is 0 Å². The van der Waals surface area contributed by atoms with Crippen LogP contribution in [0, 0.1) is 5.82 Å². The number of carbonyl (C=O) groups is 2. The zero-order chi connectivity index (χ0) is 16.1. The molecule has 2 rings (SSSR count). The van der Waals surface area contributed by atoms with Gasteiger partial charge in [0.2, 0.25) is 5.91 Å². The summed E-state index contributed by atoms with van der Waals surface area (Å²) in [6, 6.07) is 4.71. The van der Waals surface area contributed by atoms with Crippen LogP contribution < -0.4 is 5.32 Å². The van der Waals surface area contributed by atoms with E-state index in [1.54, 1.807) is 12.1 Å². The average Bonchev–Trinajstić information content (AvgIpc) is 2.80. The van der Waals surface area contributed by atoms with Crippen LogP contribution in [-0.2, 0) is 14.9 Å². The quantitative estimate of drug-likeness (QED) is 0.459. The van der Waals surface area contributed by atoms with Crippen molar-refractivity contribution < 1.29 is 19.1 Å². The van der Waals surface area contributed by atoms with Crippen molar-refractivity contribution in [3.05, 3.63) is 35.1 Å². The van der Waals surface area contributed by atoms with Crippen molar-refractivity contribution >= 4 is 51.0 Å². The molecule has 1 unspecified atom stereocenters. The monoisotopic (exact) mass is 387 g/mol. The maximum atomic E-state index is 13.7. The second-order valence-electron chi connectivity index (χ2n) is 4.33. The summed E-state index contributed by atoms with van der Waals surface area (Å²) in [7, 11) is 0. The second-order valence-corrected chi connectivity index (χ2v) is 6.08. The van der Waals surface area contributed by atoms with Crippen molar-refractivity contribution in [1.82, 2.24) is 5.32 Å². The van der Waals surface area contributed by atoms with E-state index >= 15 is 0 Å². The maximum Gasteiger partial charge on any atom is 0.305 e. The number of hydrogen-bond donors (Lipinski definition) is 2. The van der Waals surface area contributed by atoms with Gasteiger partial charge < -0.3 is 10.4 Å². The molecule has 0 bridgehead atoms. The molecule has 0 saturated carbocycles. The number of amidine groups is 1. The lowest BCUT2D eigenvalue weighted by Gasteiger charge is -1.98. The van der Waals surface area contributed by atoms with Crippen molar-refractivity contribution in [2.45, 2.75) is 17.0 Å². The lowest BCUT2D eigenvalue weighted by Crippen LogP contribution is -2.26. The van der Waals surface area contributed by atoms with Gasteiger partial charge in [0.05, 0.1) is 12.6 Å². The largest absolute Gasteiger partial charge is 0.481 e. The summed E-state index contributed by atoms with van der Waals surface area (Å²) in [5.41, 5.74) is 1.07. The van der Waals surface area contributed by atoms with E-state index in [0.717, 1.165) is 17.3 Å². The predicted octanol–water partition coefficient (Wildman–Crippen LogP) is 2.12. The minimum Gasteiger partial charge on any atom is -0.481 e. The molecule has 2 N–H and O–H groups in total. The van der Waals surface area contributed by atoms with Gasteiger partial charge in [-0.1, -0.05) is 39.8 Å². The third-order valence-corrected chi connectivity index (χ3v) is 4.42. The van der Waals surface area contributed by atoms with Crippen molar-refractivity contribution in [2.24, 2.45) is 10.2 Å². The zero-order valence-electron chi connectivity index (χ0n) is 11.1. The summed E-state index contributed by atoms with van der Waals surface area (Å²) in [5, 5.41) is 18.6. The number of thioether (sulfide) groups is 1. The zero-order valence-corrected chi connectivity index (χ0v) is 13.5. The molecule has 1 heterocycles. The first-order valence-electron chi connectivity index (χ1n) is 6.14. The first kappa shape index (κ1) is 16.6. The second kappa shape index (κ2) is 7.50. The van der Waals surface area contributed by atoms with Crippen molar-refractivity contribution in [3.8, 4) is 0 Å². The van der Waals surface area contributed by atoms with Crippen molar-refractivity contribution in [1.29, 1.82) is 0 Å². The van der Waals surface area contributed by atoms with E-state index in [-0.39, 0.29) is 17.2 Å². The molecule has 116 valence electrons. The Bertz CT molecular complexity index is 666. The summed E-state index contributed by atoms with van der Waals surface area (Å²) in [4.78, 5) is 22.1. The van der Waals surface area contributed by atoms with Gasteiger partial charge in [-0.15, -0.1) is 5.10 Å². The molecule has 1 atom stereocenters. The molecule has 1 aromatic carbocycles. The Balaban J connectivity index is 2.03. The standard InChI is InChI=1S/C13H11BrFN3O3S/c14-5-7-1-2-8(9(15)3-7)6-16-18-13-17-12(21)10(22-13)4-11(19)20/h1-3,6,10H,4-5H2,(H,19,20)(H,17,18,21). The first-order chi connectivity index (χ1) is 10.5. The molecule has 1 amide bonds. The lowest BCUT2D eigenvalue weighted by atomic mass is 10.1. The van der Waals surface area contributed by atoms with E-state index in [2.05, 4.69) is 31.4 Å². The molecule has 1 saturated heterocycles. The molecule has 0 aromatic heterocycles. The molecule has 0 spiro atoms. The van der Waals surface area contributed by atoms with Gasteiger partial charge in [-0.05, 0) is 11.6 Å². The van der Waals surface area contributed by atoms with Gasteiger partial charge in [-0.2, -0.15) is 5.10 Å². The van der Waals surface area contributed by atoms with Gasteiger partial charge in [-0.25, -0.2) is 4.39 Å². The van der Waals surface area contributed by atoms with Crippen LogP contribution in [0.2, 0.25) is 0 Å². The fourth-order valence-electron chi connectivity index (χ4n) is 1.65. The van der Waals surface area contributed by atoms with Crippen LogP contribution in [0.15, 0.2) is 28.4 Å². The minimum absolute atomic E-state index is 0.199. The highest BCUT2D eigenvalue weighted by Gasteiger charge is 2.32. The Morgan fingerprint density at radius 2 is 2.32 bits per heavy atom. The fraction of sp³-hybridized carbons (Fsp3) is 0.231. The summed E-state index contributed by atoms with van der Waals surface area (Å²) in [6.45, 7) is 0. The maximum absolute atomic E-state index is 13.7. The number of carbonyl (C=O) groups excluding carboxylic acids is 1. The molecular formula is C13H11BrFN3O3S. The number of carboxylic acid groups (broad SMARTS) is 1. The molecule has 0 radical (unpaired) electrons. The number of halogens is 2. The Kier molecular flexibility index (Phi) is 5.67. The highest BCUT2D eigenvalue weighted by Crippen LogP contribution is 2.22. The molecule has 6 nitrogen and oxygen atoms in total. The van der Waals surface area contributed by atoms with Crippen LogP contribution in [0.3, 0.4) is 0 Å². The number of aliphatic carboxylic acids is 1. The number of amides is 1. The normalized spacial score (nSPS) is 19.8. The molecule has 1 aliphatic rings. The average molecular weight is 388 g/mol. The van der Waals surface area contributed by atoms with E-state index in [0.29, 0.717) is 5.33 Å². The molecule has 22 heavy (non-hydrogen) atoms. The smallest absolute Gasteiger partial charge is 0.305 e. The highest BCUT2D eigenvalue weighted by molar-refractivity contribution is 9.08. The first-order valence-corrected chi connectivity index (χ1v) is 8.14. The molecule has 0 aliphatic carbocycles. The number of nitrogens with one attached hydrogen (secondary N) is 1. The van der Waals surface area contributed by atoms with Crippen LogP contribution >= 0.6 is 27.7 Å². The summed E-state index contributed by atoms with van der Waals surface area (Å²) >= 11 is 4.22. The highest BCUT2D eigenvalue weighted by atomic mass is 79.9. The Labute approximate surface area is 138 Å². The number of carboxylic acids is 1. The van der Waals surface area contributed by atoms with Gasteiger partial charge >= 0.3 is 5.97 Å². The molecular weight excluding hydrogens is 377 g/mol. The minimum atomic E-state index is -1.06. The number of nitrogens with zero attached hydrogens (tertiary/aromatic N) is 2.